The summed E-state index contributed by atoms with van der Waals surface area (Å²) in [5.41, 5.74) is 1.20. The molecule has 124 valence electrons. The average Bonchev–Trinajstić information content (AvgIpc) is 3.04. The first-order valence-corrected chi connectivity index (χ1v) is 9.22. The van der Waals surface area contributed by atoms with E-state index in [0.29, 0.717) is 11.8 Å². The van der Waals surface area contributed by atoms with Gasteiger partial charge >= 0.3 is 0 Å². The van der Waals surface area contributed by atoms with Crippen molar-refractivity contribution in [2.75, 3.05) is 18.0 Å². The standard InChI is InChI=1S/C17H24N4OS/c1-4-14-11-23-17(20-14)13-6-5-9-21(10-13)15-16(22-12(2)3)19-8-7-18-15/h7-8,11-13H,4-6,9-10H2,1-3H3. The van der Waals surface area contributed by atoms with E-state index >= 15 is 0 Å². The Morgan fingerprint density at radius 2 is 2.17 bits per heavy atom. The van der Waals surface area contributed by atoms with Gasteiger partial charge in [0.2, 0.25) is 0 Å². The molecule has 0 aliphatic carbocycles. The van der Waals surface area contributed by atoms with E-state index in [0.717, 1.165) is 31.7 Å². The van der Waals surface area contributed by atoms with Crippen LogP contribution >= 0.6 is 11.3 Å². The molecule has 3 heterocycles. The summed E-state index contributed by atoms with van der Waals surface area (Å²) >= 11 is 1.79. The molecule has 23 heavy (non-hydrogen) atoms. The number of anilines is 1. The average molecular weight is 332 g/mol. The van der Waals surface area contributed by atoms with Crippen LogP contribution in [-0.4, -0.2) is 34.1 Å². The third-order valence-corrected chi connectivity index (χ3v) is 5.05. The number of piperidine rings is 1. The van der Waals surface area contributed by atoms with Gasteiger partial charge in [0.1, 0.15) is 0 Å². The fourth-order valence-electron chi connectivity index (χ4n) is 2.88. The molecule has 1 saturated heterocycles. The molecule has 1 fully saturated rings. The van der Waals surface area contributed by atoms with Crippen molar-refractivity contribution in [3.63, 3.8) is 0 Å². The van der Waals surface area contributed by atoms with E-state index in [9.17, 15) is 0 Å². The minimum absolute atomic E-state index is 0.0945. The van der Waals surface area contributed by atoms with Crippen LogP contribution in [0.2, 0.25) is 0 Å². The monoisotopic (exact) mass is 332 g/mol. The Bertz CT molecular complexity index is 643. The van der Waals surface area contributed by atoms with Crippen molar-refractivity contribution in [2.24, 2.45) is 0 Å². The van der Waals surface area contributed by atoms with Crippen molar-refractivity contribution in [3.8, 4) is 5.88 Å². The van der Waals surface area contributed by atoms with Crippen LogP contribution in [0.15, 0.2) is 17.8 Å². The van der Waals surface area contributed by atoms with E-state index < -0.39 is 0 Å². The highest BCUT2D eigenvalue weighted by Crippen LogP contribution is 2.33. The zero-order valence-corrected chi connectivity index (χ0v) is 14.8. The van der Waals surface area contributed by atoms with Crippen molar-refractivity contribution in [1.29, 1.82) is 0 Å². The van der Waals surface area contributed by atoms with Gasteiger partial charge in [0.05, 0.1) is 16.8 Å². The largest absolute Gasteiger partial charge is 0.472 e. The number of ether oxygens (including phenoxy) is 1. The summed E-state index contributed by atoms with van der Waals surface area (Å²) in [4.78, 5) is 16.0. The second-order valence-corrected chi connectivity index (χ2v) is 7.06. The first-order chi connectivity index (χ1) is 11.2. The number of rotatable bonds is 5. The fourth-order valence-corrected chi connectivity index (χ4v) is 3.92. The summed E-state index contributed by atoms with van der Waals surface area (Å²) in [5.74, 6) is 1.97. The van der Waals surface area contributed by atoms with Crippen molar-refractivity contribution in [3.05, 3.63) is 28.5 Å². The van der Waals surface area contributed by atoms with Crippen LogP contribution in [0.25, 0.3) is 0 Å². The molecule has 1 aliphatic heterocycles. The van der Waals surface area contributed by atoms with Gasteiger partial charge in [0, 0.05) is 36.8 Å². The Kier molecular flexibility index (Phi) is 5.10. The van der Waals surface area contributed by atoms with E-state index in [1.807, 2.05) is 13.8 Å². The first-order valence-electron chi connectivity index (χ1n) is 8.34. The van der Waals surface area contributed by atoms with Crippen LogP contribution in [0.1, 0.15) is 50.2 Å². The predicted octanol–water partition coefficient (Wildman–Crippen LogP) is 3.67. The lowest BCUT2D eigenvalue weighted by molar-refractivity contribution is 0.231. The van der Waals surface area contributed by atoms with Gasteiger partial charge in [-0.3, -0.25) is 0 Å². The van der Waals surface area contributed by atoms with Gasteiger partial charge in [-0.25, -0.2) is 15.0 Å². The predicted molar refractivity (Wildman–Crippen MR) is 93.5 cm³/mol. The lowest BCUT2D eigenvalue weighted by atomic mass is 9.99. The molecule has 1 unspecified atom stereocenters. The summed E-state index contributed by atoms with van der Waals surface area (Å²) in [7, 11) is 0. The van der Waals surface area contributed by atoms with Crippen molar-refractivity contribution in [1.82, 2.24) is 15.0 Å². The van der Waals surface area contributed by atoms with Gasteiger partial charge < -0.3 is 9.64 Å². The lowest BCUT2D eigenvalue weighted by Gasteiger charge is -2.33. The summed E-state index contributed by atoms with van der Waals surface area (Å²) in [6.07, 6.45) is 6.86. The van der Waals surface area contributed by atoms with Gasteiger partial charge in [-0.1, -0.05) is 6.92 Å². The smallest absolute Gasteiger partial charge is 0.257 e. The molecule has 6 heteroatoms. The van der Waals surface area contributed by atoms with Crippen LogP contribution in [0, 0.1) is 0 Å². The molecule has 0 bridgehead atoms. The maximum Gasteiger partial charge on any atom is 0.257 e. The molecule has 2 aromatic heterocycles. The molecule has 0 amide bonds. The van der Waals surface area contributed by atoms with Crippen molar-refractivity contribution < 1.29 is 4.74 Å². The molecule has 0 N–H and O–H groups in total. The summed E-state index contributed by atoms with van der Waals surface area (Å²) in [6, 6.07) is 0. The molecule has 5 nitrogen and oxygen atoms in total. The highest BCUT2D eigenvalue weighted by atomic mass is 32.1. The first kappa shape index (κ1) is 16.2. The molecular formula is C17H24N4OS. The van der Waals surface area contributed by atoms with E-state index in [-0.39, 0.29) is 6.10 Å². The third kappa shape index (κ3) is 3.80. The fraction of sp³-hybridized carbons (Fsp3) is 0.588. The number of thiazole rings is 1. The number of aryl methyl sites for hydroxylation is 1. The Morgan fingerprint density at radius 3 is 2.91 bits per heavy atom. The molecule has 1 aliphatic rings. The van der Waals surface area contributed by atoms with Gasteiger partial charge in [0.15, 0.2) is 5.82 Å². The normalized spacial score (nSPS) is 18.4. The highest BCUT2D eigenvalue weighted by Gasteiger charge is 2.26. The molecule has 0 saturated carbocycles. The third-order valence-electron chi connectivity index (χ3n) is 4.00. The van der Waals surface area contributed by atoms with Crippen LogP contribution in [0.3, 0.4) is 0 Å². The van der Waals surface area contributed by atoms with E-state index in [2.05, 4.69) is 27.2 Å². The van der Waals surface area contributed by atoms with Crippen LogP contribution in [0.5, 0.6) is 5.88 Å². The number of aromatic nitrogens is 3. The van der Waals surface area contributed by atoms with Crippen LogP contribution in [-0.2, 0) is 6.42 Å². The van der Waals surface area contributed by atoms with Gasteiger partial charge in [-0.15, -0.1) is 11.3 Å². The number of hydrogen-bond acceptors (Lipinski definition) is 6. The van der Waals surface area contributed by atoms with Gasteiger partial charge in [-0.05, 0) is 33.1 Å². The molecule has 3 rings (SSSR count). The van der Waals surface area contributed by atoms with Gasteiger partial charge in [-0.2, -0.15) is 0 Å². The maximum absolute atomic E-state index is 5.83. The summed E-state index contributed by atoms with van der Waals surface area (Å²) in [5, 5.41) is 3.44. The Balaban J connectivity index is 1.78. The molecule has 0 spiro atoms. The van der Waals surface area contributed by atoms with E-state index in [1.165, 1.54) is 17.1 Å². The zero-order chi connectivity index (χ0) is 16.2. The van der Waals surface area contributed by atoms with Crippen molar-refractivity contribution in [2.45, 2.75) is 52.1 Å². The molecule has 0 aromatic carbocycles. The summed E-state index contributed by atoms with van der Waals surface area (Å²) in [6.45, 7) is 8.11. The van der Waals surface area contributed by atoms with Crippen LogP contribution < -0.4 is 9.64 Å². The second kappa shape index (κ2) is 7.25. The Morgan fingerprint density at radius 1 is 1.35 bits per heavy atom. The lowest BCUT2D eigenvalue weighted by Crippen LogP contribution is -2.35. The molecular weight excluding hydrogens is 308 g/mol. The van der Waals surface area contributed by atoms with Gasteiger partial charge in [0.25, 0.3) is 5.88 Å². The van der Waals surface area contributed by atoms with Crippen LogP contribution in [0.4, 0.5) is 5.82 Å². The molecule has 2 aromatic rings. The maximum atomic E-state index is 5.83. The van der Waals surface area contributed by atoms with E-state index in [4.69, 9.17) is 9.72 Å². The highest BCUT2D eigenvalue weighted by molar-refractivity contribution is 7.09. The summed E-state index contributed by atoms with van der Waals surface area (Å²) < 4.78 is 5.83. The topological polar surface area (TPSA) is 51.1 Å². The Labute approximate surface area is 141 Å². The minimum atomic E-state index is 0.0945. The number of nitrogens with zero attached hydrogens (tertiary/aromatic N) is 4. The van der Waals surface area contributed by atoms with E-state index in [1.54, 1.807) is 23.7 Å². The molecule has 0 radical (unpaired) electrons. The molecule has 1 atom stereocenters. The Hall–Kier alpha value is -1.69. The van der Waals surface area contributed by atoms with Crippen molar-refractivity contribution >= 4 is 17.2 Å². The zero-order valence-electron chi connectivity index (χ0n) is 14.0. The number of hydrogen-bond donors (Lipinski definition) is 0. The minimum Gasteiger partial charge on any atom is -0.472 e. The SMILES string of the molecule is CCc1csc(C2CCCN(c3nccnc3OC(C)C)C2)n1. The second-order valence-electron chi connectivity index (χ2n) is 6.17. The quantitative estimate of drug-likeness (QED) is 0.836.